The first-order valence-corrected chi connectivity index (χ1v) is 10.1. The molecule has 0 saturated heterocycles. The summed E-state index contributed by atoms with van der Waals surface area (Å²) in [5.74, 6) is 0.637. The summed E-state index contributed by atoms with van der Waals surface area (Å²) in [7, 11) is 3.36. The number of rotatable bonds is 7. The van der Waals surface area contributed by atoms with Crippen LogP contribution >= 0.6 is 0 Å². The summed E-state index contributed by atoms with van der Waals surface area (Å²) in [6.07, 6.45) is 0.672. The van der Waals surface area contributed by atoms with E-state index < -0.39 is 0 Å². The Balaban J connectivity index is 1.59. The maximum atomic E-state index is 12.8. The van der Waals surface area contributed by atoms with E-state index in [0.717, 1.165) is 17.0 Å². The first-order chi connectivity index (χ1) is 15.0. The molecule has 0 radical (unpaired) electrons. The minimum absolute atomic E-state index is 0.0823. The molecule has 160 valence electrons. The average Bonchev–Trinajstić information content (AvgIpc) is 2.78. The molecular weight excluding hydrogens is 390 g/mol. The summed E-state index contributed by atoms with van der Waals surface area (Å²) in [4.78, 5) is 26.8. The van der Waals surface area contributed by atoms with Crippen LogP contribution < -0.4 is 20.3 Å². The van der Waals surface area contributed by atoms with Gasteiger partial charge in [0.25, 0.3) is 5.91 Å². The first kappa shape index (κ1) is 21.9. The highest BCUT2D eigenvalue weighted by Crippen LogP contribution is 2.18. The lowest BCUT2D eigenvalue weighted by Crippen LogP contribution is -2.37. The standard InChI is InChI=1S/C25H27N3O3/c1-18(15-19-9-7-14-23(16-19)31-3)26-25(30)27-21-11-8-10-20(17-21)24(29)28(2)22-12-5-4-6-13-22/h4-14,16-18H,15H2,1-3H3,(H2,26,27,30). The molecule has 0 bridgehead atoms. The number of carbonyl (C=O) groups is 2. The van der Waals surface area contributed by atoms with Crippen LogP contribution in [0.25, 0.3) is 0 Å². The Morgan fingerprint density at radius 2 is 1.71 bits per heavy atom. The van der Waals surface area contributed by atoms with E-state index >= 15 is 0 Å². The Morgan fingerprint density at radius 1 is 0.968 bits per heavy atom. The van der Waals surface area contributed by atoms with E-state index in [-0.39, 0.29) is 18.0 Å². The van der Waals surface area contributed by atoms with E-state index in [0.29, 0.717) is 17.7 Å². The van der Waals surface area contributed by atoms with Crippen LogP contribution in [0.15, 0.2) is 78.9 Å². The van der Waals surface area contributed by atoms with E-state index in [9.17, 15) is 9.59 Å². The van der Waals surface area contributed by atoms with Gasteiger partial charge < -0.3 is 20.3 Å². The Hall–Kier alpha value is -3.80. The molecule has 0 spiro atoms. The minimum Gasteiger partial charge on any atom is -0.497 e. The summed E-state index contributed by atoms with van der Waals surface area (Å²) in [6.45, 7) is 1.94. The summed E-state index contributed by atoms with van der Waals surface area (Å²) in [5.41, 5.74) is 2.92. The fraction of sp³-hybridized carbons (Fsp3) is 0.200. The van der Waals surface area contributed by atoms with Gasteiger partial charge in [-0.2, -0.15) is 0 Å². The normalized spacial score (nSPS) is 11.3. The van der Waals surface area contributed by atoms with Crippen molar-refractivity contribution < 1.29 is 14.3 Å². The van der Waals surface area contributed by atoms with Crippen LogP contribution in [0.3, 0.4) is 0 Å². The molecule has 0 aliphatic carbocycles. The summed E-state index contributed by atoms with van der Waals surface area (Å²) >= 11 is 0. The number of carbonyl (C=O) groups excluding carboxylic acids is 2. The second kappa shape index (κ2) is 10.3. The molecule has 0 fully saturated rings. The molecule has 1 atom stereocenters. The van der Waals surface area contributed by atoms with Crippen molar-refractivity contribution in [3.05, 3.63) is 90.0 Å². The number of ether oxygens (including phenoxy) is 1. The summed E-state index contributed by atoms with van der Waals surface area (Å²) in [5, 5.41) is 5.74. The number of benzene rings is 3. The minimum atomic E-state index is -0.323. The van der Waals surface area contributed by atoms with Crippen LogP contribution in [0.5, 0.6) is 5.75 Å². The van der Waals surface area contributed by atoms with Crippen LogP contribution in [-0.4, -0.2) is 32.1 Å². The smallest absolute Gasteiger partial charge is 0.319 e. The zero-order chi connectivity index (χ0) is 22.2. The molecule has 31 heavy (non-hydrogen) atoms. The van der Waals surface area contributed by atoms with Gasteiger partial charge in [-0.1, -0.05) is 36.4 Å². The molecule has 0 aliphatic heterocycles. The average molecular weight is 418 g/mol. The molecule has 0 heterocycles. The van der Waals surface area contributed by atoms with Gasteiger partial charge in [-0.05, 0) is 61.4 Å². The lowest BCUT2D eigenvalue weighted by molar-refractivity contribution is 0.0993. The molecule has 2 N–H and O–H groups in total. The summed E-state index contributed by atoms with van der Waals surface area (Å²) in [6, 6.07) is 23.7. The number of anilines is 2. The lowest BCUT2D eigenvalue weighted by Gasteiger charge is -2.18. The molecule has 6 heteroatoms. The number of methoxy groups -OCH3 is 1. The van der Waals surface area contributed by atoms with Crippen molar-refractivity contribution >= 4 is 23.3 Å². The molecule has 6 nitrogen and oxygen atoms in total. The van der Waals surface area contributed by atoms with Crippen LogP contribution in [0, 0.1) is 0 Å². The number of hydrogen-bond donors (Lipinski definition) is 2. The maximum absolute atomic E-state index is 12.8. The van der Waals surface area contributed by atoms with Crippen LogP contribution in [0.4, 0.5) is 16.2 Å². The molecule has 3 amide bonds. The van der Waals surface area contributed by atoms with Crippen molar-refractivity contribution in [2.45, 2.75) is 19.4 Å². The van der Waals surface area contributed by atoms with Crippen molar-refractivity contribution in [3.8, 4) is 5.75 Å². The SMILES string of the molecule is COc1cccc(CC(C)NC(=O)Nc2cccc(C(=O)N(C)c3ccccc3)c2)c1. The van der Waals surface area contributed by atoms with E-state index in [1.54, 1.807) is 43.3 Å². The Morgan fingerprint density at radius 3 is 2.45 bits per heavy atom. The fourth-order valence-electron chi connectivity index (χ4n) is 3.29. The molecule has 3 rings (SSSR count). The largest absolute Gasteiger partial charge is 0.497 e. The summed E-state index contributed by atoms with van der Waals surface area (Å²) < 4.78 is 5.24. The van der Waals surface area contributed by atoms with Crippen molar-refractivity contribution in [3.63, 3.8) is 0 Å². The second-order valence-corrected chi connectivity index (χ2v) is 7.34. The number of nitrogens with zero attached hydrogens (tertiary/aromatic N) is 1. The van der Waals surface area contributed by atoms with Gasteiger partial charge in [-0.15, -0.1) is 0 Å². The van der Waals surface area contributed by atoms with Gasteiger partial charge in [0.05, 0.1) is 7.11 Å². The van der Waals surface area contributed by atoms with E-state index in [4.69, 9.17) is 4.74 Å². The van der Waals surface area contributed by atoms with E-state index in [2.05, 4.69) is 10.6 Å². The van der Waals surface area contributed by atoms with Gasteiger partial charge in [0.2, 0.25) is 0 Å². The fourth-order valence-corrected chi connectivity index (χ4v) is 3.29. The number of para-hydroxylation sites is 1. The molecule has 3 aromatic rings. The second-order valence-electron chi connectivity index (χ2n) is 7.34. The van der Waals surface area contributed by atoms with Gasteiger partial charge >= 0.3 is 6.03 Å². The number of amides is 3. The van der Waals surface area contributed by atoms with Gasteiger partial charge in [-0.3, -0.25) is 4.79 Å². The van der Waals surface area contributed by atoms with Gasteiger partial charge in [0, 0.05) is 30.0 Å². The lowest BCUT2D eigenvalue weighted by atomic mass is 10.1. The molecule has 3 aromatic carbocycles. The van der Waals surface area contributed by atoms with Crippen molar-refractivity contribution in [1.82, 2.24) is 5.32 Å². The van der Waals surface area contributed by atoms with E-state index in [1.807, 2.05) is 61.5 Å². The highest BCUT2D eigenvalue weighted by molar-refractivity contribution is 6.06. The maximum Gasteiger partial charge on any atom is 0.319 e. The van der Waals surface area contributed by atoms with Crippen LogP contribution in [0.2, 0.25) is 0 Å². The monoisotopic (exact) mass is 417 g/mol. The van der Waals surface area contributed by atoms with Crippen molar-refractivity contribution in [1.29, 1.82) is 0 Å². The molecular formula is C25H27N3O3. The third-order valence-electron chi connectivity index (χ3n) is 4.87. The number of nitrogens with one attached hydrogen (secondary N) is 2. The Kier molecular flexibility index (Phi) is 7.27. The quantitative estimate of drug-likeness (QED) is 0.584. The Bertz CT molecular complexity index is 1040. The van der Waals surface area contributed by atoms with Gasteiger partial charge in [0.15, 0.2) is 0 Å². The molecule has 0 aliphatic rings. The van der Waals surface area contributed by atoms with Crippen LogP contribution in [-0.2, 0) is 6.42 Å². The van der Waals surface area contributed by atoms with Crippen molar-refractivity contribution in [2.24, 2.45) is 0 Å². The predicted molar refractivity (Wildman–Crippen MR) is 124 cm³/mol. The molecule has 0 saturated carbocycles. The third-order valence-corrected chi connectivity index (χ3v) is 4.87. The molecule has 1 unspecified atom stereocenters. The third kappa shape index (κ3) is 6.09. The first-order valence-electron chi connectivity index (χ1n) is 10.1. The van der Waals surface area contributed by atoms with Crippen LogP contribution in [0.1, 0.15) is 22.8 Å². The zero-order valence-electron chi connectivity index (χ0n) is 18.0. The number of urea groups is 1. The highest BCUT2D eigenvalue weighted by atomic mass is 16.5. The number of hydrogen-bond acceptors (Lipinski definition) is 3. The topological polar surface area (TPSA) is 70.7 Å². The van der Waals surface area contributed by atoms with Gasteiger partial charge in [-0.25, -0.2) is 4.79 Å². The Labute approximate surface area is 182 Å². The highest BCUT2D eigenvalue weighted by Gasteiger charge is 2.15. The molecule has 0 aromatic heterocycles. The van der Waals surface area contributed by atoms with E-state index in [1.165, 1.54) is 0 Å². The van der Waals surface area contributed by atoms with Crippen molar-refractivity contribution in [2.75, 3.05) is 24.4 Å². The zero-order valence-corrected chi connectivity index (χ0v) is 18.0. The van der Waals surface area contributed by atoms with Gasteiger partial charge in [0.1, 0.15) is 5.75 Å². The predicted octanol–water partition coefficient (Wildman–Crippen LogP) is 4.72.